The van der Waals surface area contributed by atoms with E-state index in [2.05, 4.69) is 20.5 Å². The third kappa shape index (κ3) is 8.24. The highest BCUT2D eigenvalue weighted by molar-refractivity contribution is 7.91. The highest BCUT2D eigenvalue weighted by Crippen LogP contribution is 2.47. The molecule has 300 valence electrons. The molecule has 1 aliphatic heterocycles. The number of allylic oxidation sites excluding steroid dienone is 1. The molecule has 0 radical (unpaired) electrons. The van der Waals surface area contributed by atoms with E-state index in [-0.39, 0.29) is 42.6 Å². The smallest absolute Gasteiger partial charge is 0.290 e. The Morgan fingerprint density at radius 2 is 1.77 bits per heavy atom. The van der Waals surface area contributed by atoms with Crippen LogP contribution in [0.1, 0.15) is 100 Å². The zero-order valence-corrected chi connectivity index (χ0v) is 33.4. The number of carbonyl (C=O) groups excluding carboxylic acids is 4. The van der Waals surface area contributed by atoms with Gasteiger partial charge in [0.15, 0.2) is 5.78 Å². The van der Waals surface area contributed by atoms with E-state index in [0.29, 0.717) is 54.5 Å². The number of benzene rings is 1. The molecule has 1 aromatic carbocycles. The third-order valence-electron chi connectivity index (χ3n) is 11.5. The van der Waals surface area contributed by atoms with Crippen molar-refractivity contribution in [3.8, 4) is 16.5 Å². The van der Waals surface area contributed by atoms with Gasteiger partial charge in [0.2, 0.25) is 27.6 Å². The summed E-state index contributed by atoms with van der Waals surface area (Å²) in [5, 5.41) is 11.1. The first kappa shape index (κ1) is 38.9. The van der Waals surface area contributed by atoms with E-state index in [4.69, 9.17) is 19.2 Å². The fourth-order valence-corrected chi connectivity index (χ4v) is 10.0. The second-order valence-electron chi connectivity index (χ2n) is 16.0. The van der Waals surface area contributed by atoms with E-state index in [9.17, 15) is 27.6 Å². The molecule has 16 heteroatoms. The molecule has 3 fully saturated rings. The van der Waals surface area contributed by atoms with Gasteiger partial charge in [0.25, 0.3) is 11.8 Å². The number of para-hydroxylation sites is 2. The van der Waals surface area contributed by atoms with Gasteiger partial charge in [0.05, 0.1) is 38.8 Å². The maximum Gasteiger partial charge on any atom is 0.290 e. The van der Waals surface area contributed by atoms with Crippen LogP contribution in [0.5, 0.6) is 5.88 Å². The molecule has 0 spiro atoms. The van der Waals surface area contributed by atoms with Gasteiger partial charge in [-0.15, -0.1) is 11.3 Å². The molecule has 4 aliphatic rings. The average Bonchev–Trinajstić information content (AvgIpc) is 3.92. The van der Waals surface area contributed by atoms with E-state index in [1.165, 1.54) is 11.3 Å². The molecule has 4 heterocycles. The molecular weight excluding hydrogens is 769 g/mol. The van der Waals surface area contributed by atoms with Crippen LogP contribution in [-0.2, 0) is 24.4 Å². The summed E-state index contributed by atoms with van der Waals surface area (Å²) in [6, 6.07) is 11.9. The van der Waals surface area contributed by atoms with Crippen LogP contribution < -0.4 is 20.1 Å². The molecule has 57 heavy (non-hydrogen) atoms. The first-order valence-electron chi connectivity index (χ1n) is 19.7. The Hall–Kier alpha value is -4.96. The second-order valence-corrected chi connectivity index (χ2v) is 18.9. The maximum atomic E-state index is 14.8. The Balaban J connectivity index is 1.12. The lowest BCUT2D eigenvalue weighted by molar-refractivity contribution is -0.136. The lowest BCUT2D eigenvalue weighted by Gasteiger charge is -2.26. The monoisotopic (exact) mass is 814 g/mol. The lowest BCUT2D eigenvalue weighted by atomic mass is 9.85. The van der Waals surface area contributed by atoms with Crippen LogP contribution in [0.4, 0.5) is 0 Å². The number of fused-ring (bicyclic) bond motifs is 3. The summed E-state index contributed by atoms with van der Waals surface area (Å²) >= 11 is 1.48. The summed E-state index contributed by atoms with van der Waals surface area (Å²) < 4.78 is 40.0. The fraction of sp³-hybridized carbons (Fsp3) is 0.488. The summed E-state index contributed by atoms with van der Waals surface area (Å²) in [5.74, 6) is -4.30. The fourth-order valence-electron chi connectivity index (χ4n) is 7.95. The molecule has 14 nitrogen and oxygen atoms in total. The average molecular weight is 815 g/mol. The number of sulfonamides is 1. The number of thiophene rings is 1. The van der Waals surface area contributed by atoms with E-state index in [1.807, 2.05) is 67.8 Å². The van der Waals surface area contributed by atoms with Crippen LogP contribution in [0.15, 0.2) is 64.5 Å². The minimum atomic E-state index is -3.90. The highest BCUT2D eigenvalue weighted by Gasteiger charge is 2.62. The Morgan fingerprint density at radius 3 is 2.49 bits per heavy atom. The lowest BCUT2D eigenvalue weighted by Crippen LogP contribution is -2.54. The largest absolute Gasteiger partial charge is 0.473 e. The second kappa shape index (κ2) is 15.8. The molecule has 8 rings (SSSR count). The van der Waals surface area contributed by atoms with Gasteiger partial charge < -0.3 is 19.9 Å². The van der Waals surface area contributed by atoms with Crippen LogP contribution in [0.2, 0.25) is 0 Å². The van der Waals surface area contributed by atoms with Gasteiger partial charge in [0, 0.05) is 17.9 Å². The number of rotatable bonds is 9. The van der Waals surface area contributed by atoms with Crippen LogP contribution in [-0.4, -0.2) is 70.0 Å². The number of nitrogens with one attached hydrogen (secondary N) is 3. The Bertz CT molecular complexity index is 2320. The molecule has 0 saturated heterocycles. The van der Waals surface area contributed by atoms with E-state index >= 15 is 0 Å². The molecule has 3 N–H and O–H groups in total. The molecular formula is C41H46N6O8S2. The Labute approximate surface area is 334 Å². The zero-order chi connectivity index (χ0) is 39.9. The van der Waals surface area contributed by atoms with Crippen LogP contribution >= 0.6 is 11.3 Å². The normalized spacial score (nSPS) is 27.4. The molecule has 0 bridgehead atoms. The number of ketones is 1. The maximum absolute atomic E-state index is 14.8. The molecule has 3 amide bonds. The topological polar surface area (TPSA) is 200 Å². The first-order chi connectivity index (χ1) is 27.4. The highest BCUT2D eigenvalue weighted by atomic mass is 32.2. The van der Waals surface area contributed by atoms with Crippen molar-refractivity contribution in [2.45, 2.75) is 107 Å². The predicted octanol–water partition coefficient (Wildman–Crippen LogP) is 5.61. The van der Waals surface area contributed by atoms with Crippen molar-refractivity contribution in [2.75, 3.05) is 0 Å². The quantitative estimate of drug-likeness (QED) is 0.177. The Kier molecular flexibility index (Phi) is 10.8. The summed E-state index contributed by atoms with van der Waals surface area (Å²) in [7, 11) is -3.90. The van der Waals surface area contributed by atoms with Gasteiger partial charge in [-0.25, -0.2) is 18.4 Å². The van der Waals surface area contributed by atoms with Crippen LogP contribution in [0.25, 0.3) is 21.6 Å². The number of ether oxygens (including phenoxy) is 1. The van der Waals surface area contributed by atoms with E-state index < -0.39 is 68.4 Å². The number of carbonyl (C=O) groups is 4. The SMILES string of the molecule is CC(C)c1cc(C(=O)N[C@@H]2CCCCC/C=C\C3C[C@@]3(C(=O)NS(=O)(=O)C3CC3)NC(=O)[C@@H]3C[C@@H](Oc4nc5ccccc5nc4-c4cccs4)CC3C2=O)on1. The van der Waals surface area contributed by atoms with Gasteiger partial charge in [-0.2, -0.15) is 0 Å². The molecule has 3 aliphatic carbocycles. The predicted molar refractivity (Wildman–Crippen MR) is 212 cm³/mol. The molecule has 2 unspecified atom stereocenters. The first-order valence-corrected chi connectivity index (χ1v) is 22.2. The van der Waals surface area contributed by atoms with Crippen molar-refractivity contribution < 1.29 is 36.9 Å². The Morgan fingerprint density at radius 1 is 1.00 bits per heavy atom. The van der Waals surface area contributed by atoms with Crippen molar-refractivity contribution in [3.63, 3.8) is 0 Å². The summed E-state index contributed by atoms with van der Waals surface area (Å²) in [4.78, 5) is 67.3. The van der Waals surface area contributed by atoms with Crippen LogP contribution in [0.3, 0.4) is 0 Å². The number of amides is 3. The van der Waals surface area contributed by atoms with Crippen molar-refractivity contribution in [3.05, 3.63) is 71.5 Å². The summed E-state index contributed by atoms with van der Waals surface area (Å²) in [5.41, 5.74) is 0.948. The van der Waals surface area contributed by atoms with Crippen LogP contribution in [0, 0.1) is 17.8 Å². The van der Waals surface area contributed by atoms with Crippen molar-refractivity contribution in [1.29, 1.82) is 0 Å². The number of Topliss-reactive ketones (excluding diaryl/α,β-unsaturated/α-hetero) is 1. The van der Waals surface area contributed by atoms with Gasteiger partial charge in [-0.3, -0.25) is 23.9 Å². The van der Waals surface area contributed by atoms with Crippen molar-refractivity contribution in [1.82, 2.24) is 30.5 Å². The van der Waals surface area contributed by atoms with Gasteiger partial charge in [-0.1, -0.05) is 62.2 Å². The third-order valence-corrected chi connectivity index (χ3v) is 14.2. The molecule has 3 aromatic heterocycles. The van der Waals surface area contributed by atoms with E-state index in [1.54, 1.807) is 6.07 Å². The van der Waals surface area contributed by atoms with Crippen molar-refractivity contribution in [2.24, 2.45) is 17.8 Å². The summed E-state index contributed by atoms with van der Waals surface area (Å²) in [6.45, 7) is 3.86. The van der Waals surface area contributed by atoms with Gasteiger partial charge in [0.1, 0.15) is 17.3 Å². The number of nitrogens with zero attached hydrogens (tertiary/aromatic N) is 3. The molecule has 4 aromatic rings. The van der Waals surface area contributed by atoms with Gasteiger partial charge in [-0.05, 0) is 80.9 Å². The molecule has 3 saturated carbocycles. The zero-order valence-electron chi connectivity index (χ0n) is 31.8. The molecule has 6 atom stereocenters. The standard InChI is InChI=1S/C41H46N6O8S2/c1-23(2)32-21-33(55-46-32)38(50)43-31-14-7-5-3-4-6-11-24-22-41(24,40(51)47-57(52,53)26-16-17-26)45-37(49)28-20-25(19-27(28)36(31)48)54-39-35(34-15-10-18-56-34)42-29-12-8-9-13-30(29)44-39/h6,8-13,15,18,21,23-28,31H,3-5,7,14,16-17,19-20,22H2,1-2H3,(H,43,50)(H,45,49)(H,47,51)/b11-6-/t24?,25-,27?,28+,31+,41+/m0/s1. The minimum absolute atomic E-state index is 0.0145. The van der Waals surface area contributed by atoms with Crippen molar-refractivity contribution >= 4 is 55.9 Å². The number of hydrogen-bond acceptors (Lipinski definition) is 12. The number of hydrogen-bond donors (Lipinski definition) is 3. The van der Waals surface area contributed by atoms with Gasteiger partial charge >= 0.3 is 0 Å². The minimum Gasteiger partial charge on any atom is -0.473 e. The summed E-state index contributed by atoms with van der Waals surface area (Å²) in [6.07, 6.45) is 7.78. The van der Waals surface area contributed by atoms with E-state index in [0.717, 1.165) is 17.7 Å². The number of aromatic nitrogens is 3.